The number of anilines is 3. The average molecular weight is 241 g/mol. The van der Waals surface area contributed by atoms with Crippen molar-refractivity contribution in [2.45, 2.75) is 0 Å². The van der Waals surface area contributed by atoms with Crippen LogP contribution in [0.2, 0.25) is 0 Å². The predicted octanol–water partition coefficient (Wildman–Crippen LogP) is 3.05. The lowest BCUT2D eigenvalue weighted by molar-refractivity contribution is 0.627. The number of para-hydroxylation sites is 1. The number of nitriles is 1. The molecule has 0 unspecified atom stereocenters. The first kappa shape index (κ1) is 11.9. The summed E-state index contributed by atoms with van der Waals surface area (Å²) in [6, 6.07) is 13.4. The van der Waals surface area contributed by atoms with E-state index in [2.05, 4.69) is 0 Å². The summed E-state index contributed by atoms with van der Waals surface area (Å²) in [5, 5.41) is 8.88. The summed E-state index contributed by atoms with van der Waals surface area (Å²) < 4.78 is 13.7. The number of rotatable bonds is 2. The fourth-order valence-corrected chi connectivity index (χ4v) is 1.76. The molecule has 0 fully saturated rings. The van der Waals surface area contributed by atoms with Gasteiger partial charge in [-0.15, -0.1) is 0 Å². The van der Waals surface area contributed by atoms with Crippen molar-refractivity contribution in [3.05, 3.63) is 53.8 Å². The van der Waals surface area contributed by atoms with Crippen molar-refractivity contribution in [3.8, 4) is 6.07 Å². The first-order chi connectivity index (χ1) is 8.63. The third-order valence-corrected chi connectivity index (χ3v) is 2.73. The lowest BCUT2D eigenvalue weighted by Gasteiger charge is -2.21. The van der Waals surface area contributed by atoms with Crippen LogP contribution in [0, 0.1) is 17.1 Å². The summed E-state index contributed by atoms with van der Waals surface area (Å²) in [7, 11) is 1.71. The van der Waals surface area contributed by atoms with E-state index in [1.807, 2.05) is 6.07 Å². The van der Waals surface area contributed by atoms with Crippen molar-refractivity contribution in [2.75, 3.05) is 17.7 Å². The third-order valence-electron chi connectivity index (χ3n) is 2.73. The number of hydrogen-bond acceptors (Lipinski definition) is 3. The van der Waals surface area contributed by atoms with Crippen molar-refractivity contribution in [2.24, 2.45) is 0 Å². The molecule has 0 saturated carbocycles. The molecule has 0 radical (unpaired) electrons. The largest absolute Gasteiger partial charge is 0.397 e. The second kappa shape index (κ2) is 4.76. The molecular formula is C14H12FN3. The zero-order valence-corrected chi connectivity index (χ0v) is 9.89. The predicted molar refractivity (Wildman–Crippen MR) is 70.0 cm³/mol. The number of nitrogens with two attached hydrogens (primary N) is 1. The van der Waals surface area contributed by atoms with Gasteiger partial charge < -0.3 is 10.6 Å². The van der Waals surface area contributed by atoms with E-state index >= 15 is 0 Å². The number of nitrogens with zero attached hydrogens (tertiary/aromatic N) is 2. The van der Waals surface area contributed by atoms with Crippen LogP contribution in [0.15, 0.2) is 42.5 Å². The fraction of sp³-hybridized carbons (Fsp3) is 0.0714. The van der Waals surface area contributed by atoms with Crippen molar-refractivity contribution in [1.82, 2.24) is 0 Å². The summed E-state index contributed by atoms with van der Waals surface area (Å²) >= 11 is 0. The Morgan fingerprint density at radius 3 is 2.56 bits per heavy atom. The zero-order valence-electron chi connectivity index (χ0n) is 9.89. The Hall–Kier alpha value is -2.54. The Kier molecular flexibility index (Phi) is 3.16. The lowest BCUT2D eigenvalue weighted by Crippen LogP contribution is -2.13. The Bertz CT molecular complexity index is 617. The van der Waals surface area contributed by atoms with Gasteiger partial charge in [-0.25, -0.2) is 4.39 Å². The van der Waals surface area contributed by atoms with Gasteiger partial charge in [0.05, 0.1) is 28.7 Å². The van der Waals surface area contributed by atoms with E-state index < -0.39 is 0 Å². The number of hydrogen-bond donors (Lipinski definition) is 1. The first-order valence-corrected chi connectivity index (χ1v) is 5.41. The highest BCUT2D eigenvalue weighted by atomic mass is 19.1. The van der Waals surface area contributed by atoms with Gasteiger partial charge >= 0.3 is 0 Å². The van der Waals surface area contributed by atoms with Crippen molar-refractivity contribution in [3.63, 3.8) is 0 Å². The maximum absolute atomic E-state index is 13.7. The van der Waals surface area contributed by atoms with Gasteiger partial charge in [-0.05, 0) is 30.3 Å². The van der Waals surface area contributed by atoms with Crippen LogP contribution in [-0.4, -0.2) is 7.05 Å². The Morgan fingerprint density at radius 2 is 1.89 bits per heavy atom. The molecule has 2 rings (SSSR count). The summed E-state index contributed by atoms with van der Waals surface area (Å²) in [6.45, 7) is 0. The normalized spacial score (nSPS) is 9.83. The summed E-state index contributed by atoms with van der Waals surface area (Å²) in [6.07, 6.45) is 0. The number of benzene rings is 2. The quantitative estimate of drug-likeness (QED) is 0.822. The van der Waals surface area contributed by atoms with Crippen molar-refractivity contribution >= 4 is 17.1 Å². The molecule has 2 aromatic carbocycles. The van der Waals surface area contributed by atoms with E-state index in [0.29, 0.717) is 22.6 Å². The van der Waals surface area contributed by atoms with Crippen LogP contribution in [0.4, 0.5) is 21.5 Å². The molecule has 2 N–H and O–H groups in total. The molecule has 0 aliphatic carbocycles. The highest BCUT2D eigenvalue weighted by Gasteiger charge is 2.11. The summed E-state index contributed by atoms with van der Waals surface area (Å²) in [5.74, 6) is -0.332. The molecule has 0 aromatic heterocycles. The van der Waals surface area contributed by atoms with Crippen LogP contribution >= 0.6 is 0 Å². The first-order valence-electron chi connectivity index (χ1n) is 5.41. The van der Waals surface area contributed by atoms with Crippen LogP contribution in [0.1, 0.15) is 5.56 Å². The zero-order chi connectivity index (χ0) is 13.1. The van der Waals surface area contributed by atoms with E-state index in [4.69, 9.17) is 11.0 Å². The van der Waals surface area contributed by atoms with Gasteiger partial charge in [0.15, 0.2) is 0 Å². The number of halogens is 1. The van der Waals surface area contributed by atoms with E-state index in [1.54, 1.807) is 48.3 Å². The van der Waals surface area contributed by atoms with Gasteiger partial charge in [0.1, 0.15) is 5.82 Å². The second-order valence-corrected chi connectivity index (χ2v) is 3.90. The van der Waals surface area contributed by atoms with Crippen LogP contribution < -0.4 is 10.6 Å². The minimum atomic E-state index is -0.332. The summed E-state index contributed by atoms with van der Waals surface area (Å²) in [5.41, 5.74) is 7.87. The molecule has 0 bridgehead atoms. The Labute approximate surface area is 105 Å². The van der Waals surface area contributed by atoms with Crippen LogP contribution in [-0.2, 0) is 0 Å². The number of nitrogen functional groups attached to an aromatic ring is 1. The van der Waals surface area contributed by atoms with E-state index in [1.165, 1.54) is 6.07 Å². The van der Waals surface area contributed by atoms with Gasteiger partial charge in [-0.1, -0.05) is 12.1 Å². The lowest BCUT2D eigenvalue weighted by atomic mass is 10.1. The molecule has 0 amide bonds. The second-order valence-electron chi connectivity index (χ2n) is 3.90. The van der Waals surface area contributed by atoms with Gasteiger partial charge in [0, 0.05) is 7.05 Å². The molecule has 0 spiro atoms. The standard InChI is InChI=1S/C14H12FN3/c1-18(13-5-3-2-4-11(13)15)14-8-10(9-16)6-7-12(14)17/h2-8H,17H2,1H3. The average Bonchev–Trinajstić information content (AvgIpc) is 2.39. The van der Waals surface area contributed by atoms with Crippen LogP contribution in [0.5, 0.6) is 0 Å². The molecule has 2 aromatic rings. The summed E-state index contributed by atoms with van der Waals surface area (Å²) in [4.78, 5) is 1.63. The minimum Gasteiger partial charge on any atom is -0.397 e. The minimum absolute atomic E-state index is 0.332. The molecular weight excluding hydrogens is 229 g/mol. The smallest absolute Gasteiger partial charge is 0.146 e. The molecule has 4 heteroatoms. The molecule has 0 heterocycles. The van der Waals surface area contributed by atoms with Crippen molar-refractivity contribution < 1.29 is 4.39 Å². The van der Waals surface area contributed by atoms with Crippen molar-refractivity contribution in [1.29, 1.82) is 5.26 Å². The maximum Gasteiger partial charge on any atom is 0.146 e. The molecule has 0 aliphatic heterocycles. The molecule has 90 valence electrons. The molecule has 0 atom stereocenters. The maximum atomic E-state index is 13.7. The van der Waals surface area contributed by atoms with Gasteiger partial charge in [-0.3, -0.25) is 0 Å². The van der Waals surface area contributed by atoms with Crippen LogP contribution in [0.25, 0.3) is 0 Å². The third kappa shape index (κ3) is 2.11. The SMILES string of the molecule is CN(c1cc(C#N)ccc1N)c1ccccc1F. The Balaban J connectivity index is 2.49. The monoisotopic (exact) mass is 241 g/mol. The molecule has 0 aliphatic rings. The molecule has 0 saturated heterocycles. The topological polar surface area (TPSA) is 53.0 Å². The highest BCUT2D eigenvalue weighted by Crippen LogP contribution is 2.31. The van der Waals surface area contributed by atoms with E-state index in [0.717, 1.165) is 0 Å². The van der Waals surface area contributed by atoms with E-state index in [9.17, 15) is 4.39 Å². The highest BCUT2D eigenvalue weighted by molar-refractivity contribution is 5.75. The van der Waals surface area contributed by atoms with Gasteiger partial charge in [0.25, 0.3) is 0 Å². The molecule has 18 heavy (non-hydrogen) atoms. The Morgan fingerprint density at radius 1 is 1.17 bits per heavy atom. The van der Waals surface area contributed by atoms with E-state index in [-0.39, 0.29) is 5.82 Å². The molecule has 3 nitrogen and oxygen atoms in total. The van der Waals surface area contributed by atoms with Gasteiger partial charge in [-0.2, -0.15) is 5.26 Å². The fourth-order valence-electron chi connectivity index (χ4n) is 1.76. The van der Waals surface area contributed by atoms with Crippen LogP contribution in [0.3, 0.4) is 0 Å². The van der Waals surface area contributed by atoms with Gasteiger partial charge in [0.2, 0.25) is 0 Å².